The van der Waals surface area contributed by atoms with E-state index in [1.807, 2.05) is 11.6 Å². The van der Waals surface area contributed by atoms with Crippen molar-refractivity contribution in [3.63, 3.8) is 0 Å². The highest BCUT2D eigenvalue weighted by molar-refractivity contribution is 7.99. The van der Waals surface area contributed by atoms with Crippen molar-refractivity contribution in [1.29, 1.82) is 0 Å². The number of aromatic nitrogens is 3. The Bertz CT molecular complexity index is 725. The first-order valence-corrected chi connectivity index (χ1v) is 9.50. The predicted octanol–water partition coefficient (Wildman–Crippen LogP) is 3.79. The second-order valence-electron chi connectivity index (χ2n) is 5.08. The summed E-state index contributed by atoms with van der Waals surface area (Å²) in [5.41, 5.74) is 0. The molecular formula is C16H19Cl2N3O3S. The Kier molecular flexibility index (Phi) is 7.87. The normalized spacial score (nSPS) is 10.7. The van der Waals surface area contributed by atoms with Crippen LogP contribution in [0.3, 0.4) is 0 Å². The fourth-order valence-corrected chi connectivity index (χ4v) is 3.21. The third-order valence-corrected chi connectivity index (χ3v) is 4.77. The quantitative estimate of drug-likeness (QED) is 0.360. The monoisotopic (exact) mass is 403 g/mol. The number of halogens is 2. The second kappa shape index (κ2) is 9.89. The van der Waals surface area contributed by atoms with Crippen molar-refractivity contribution in [3.05, 3.63) is 34.1 Å². The highest BCUT2D eigenvalue weighted by Crippen LogP contribution is 2.27. The average molecular weight is 404 g/mol. The molecule has 2 rings (SSSR count). The fourth-order valence-electron chi connectivity index (χ4n) is 2.02. The van der Waals surface area contributed by atoms with Gasteiger partial charge in [0.2, 0.25) is 0 Å². The van der Waals surface area contributed by atoms with Crippen LogP contribution in [0, 0.1) is 0 Å². The van der Waals surface area contributed by atoms with Crippen molar-refractivity contribution in [2.45, 2.75) is 24.9 Å². The molecule has 6 nitrogen and oxygen atoms in total. The van der Waals surface area contributed by atoms with Gasteiger partial charge >= 0.3 is 5.97 Å². The Labute approximate surface area is 160 Å². The van der Waals surface area contributed by atoms with Gasteiger partial charge in [0.15, 0.2) is 5.16 Å². The summed E-state index contributed by atoms with van der Waals surface area (Å²) in [5.74, 6) is 1.40. The molecule has 0 N–H and O–H groups in total. The first kappa shape index (κ1) is 19.9. The molecule has 0 spiro atoms. The summed E-state index contributed by atoms with van der Waals surface area (Å²) < 4.78 is 12.4. The number of rotatable bonds is 9. The zero-order valence-corrected chi connectivity index (χ0v) is 16.3. The lowest BCUT2D eigenvalue weighted by Gasteiger charge is -2.08. The molecule has 0 unspecified atom stereocenters. The molecule has 1 aromatic carbocycles. The molecule has 0 bridgehead atoms. The lowest BCUT2D eigenvalue weighted by Crippen LogP contribution is -2.08. The minimum absolute atomic E-state index is 0.220. The predicted molar refractivity (Wildman–Crippen MR) is 98.6 cm³/mol. The molecule has 1 heterocycles. The lowest BCUT2D eigenvalue weighted by molar-refractivity contribution is -0.139. The summed E-state index contributed by atoms with van der Waals surface area (Å²) in [7, 11) is 1.87. The van der Waals surface area contributed by atoms with Crippen molar-refractivity contribution < 1.29 is 14.3 Å². The molecule has 0 atom stereocenters. The van der Waals surface area contributed by atoms with Crippen molar-refractivity contribution in [2.24, 2.45) is 7.05 Å². The summed E-state index contributed by atoms with van der Waals surface area (Å²) in [6, 6.07) is 5.13. The van der Waals surface area contributed by atoms with E-state index in [2.05, 4.69) is 10.2 Å². The van der Waals surface area contributed by atoms with E-state index in [0.29, 0.717) is 40.6 Å². The Balaban J connectivity index is 1.78. The van der Waals surface area contributed by atoms with Gasteiger partial charge in [0.05, 0.1) is 24.0 Å². The molecule has 1 aromatic heterocycles. The maximum Gasteiger partial charge on any atom is 0.316 e. The van der Waals surface area contributed by atoms with E-state index >= 15 is 0 Å². The Morgan fingerprint density at radius 3 is 2.84 bits per heavy atom. The molecule has 0 saturated heterocycles. The first-order chi connectivity index (χ1) is 12.0. The summed E-state index contributed by atoms with van der Waals surface area (Å²) in [4.78, 5) is 11.4. The van der Waals surface area contributed by atoms with Crippen LogP contribution in [0.15, 0.2) is 23.4 Å². The molecule has 0 aliphatic rings. The van der Waals surface area contributed by atoms with Crippen LogP contribution in [0.2, 0.25) is 10.0 Å². The third kappa shape index (κ3) is 6.09. The molecule has 2 aromatic rings. The standard InChI is InChI=1S/C16H19Cl2N3O3S/c1-3-23-15(22)10-25-16-20-19-14(21(16)2)5-4-8-24-13-7-6-11(17)9-12(13)18/h6-7,9H,3-5,8,10H2,1-2H3. The Morgan fingerprint density at radius 1 is 1.32 bits per heavy atom. The number of aryl methyl sites for hydroxylation is 1. The molecule has 136 valence electrons. The number of ether oxygens (including phenoxy) is 2. The molecule has 0 radical (unpaired) electrons. The van der Waals surface area contributed by atoms with Crippen LogP contribution in [0.4, 0.5) is 0 Å². The molecule has 9 heteroatoms. The molecule has 0 saturated carbocycles. The van der Waals surface area contributed by atoms with Crippen LogP contribution < -0.4 is 4.74 Å². The van der Waals surface area contributed by atoms with Gasteiger partial charge in [-0.25, -0.2) is 0 Å². The summed E-state index contributed by atoms with van der Waals surface area (Å²) >= 11 is 13.2. The Hall–Kier alpha value is -1.44. The molecule has 0 aliphatic heterocycles. The van der Waals surface area contributed by atoms with Crippen LogP contribution in [0.25, 0.3) is 0 Å². The van der Waals surface area contributed by atoms with Crippen molar-refractivity contribution in [2.75, 3.05) is 19.0 Å². The second-order valence-corrected chi connectivity index (χ2v) is 6.86. The minimum atomic E-state index is -0.259. The van der Waals surface area contributed by atoms with E-state index < -0.39 is 0 Å². The van der Waals surface area contributed by atoms with E-state index in [1.54, 1.807) is 25.1 Å². The maximum atomic E-state index is 11.4. The average Bonchev–Trinajstić information content (AvgIpc) is 2.92. The van der Waals surface area contributed by atoms with Gasteiger partial charge in [-0.2, -0.15) is 0 Å². The summed E-state index contributed by atoms with van der Waals surface area (Å²) in [6.07, 6.45) is 1.46. The zero-order valence-electron chi connectivity index (χ0n) is 14.0. The highest BCUT2D eigenvalue weighted by Gasteiger charge is 2.12. The number of thioether (sulfide) groups is 1. The van der Waals surface area contributed by atoms with Gasteiger partial charge in [-0.1, -0.05) is 35.0 Å². The van der Waals surface area contributed by atoms with Gasteiger partial charge in [-0.3, -0.25) is 4.79 Å². The van der Waals surface area contributed by atoms with Crippen molar-refractivity contribution in [1.82, 2.24) is 14.8 Å². The fraction of sp³-hybridized carbons (Fsp3) is 0.438. The minimum Gasteiger partial charge on any atom is -0.492 e. The lowest BCUT2D eigenvalue weighted by atomic mass is 10.3. The van der Waals surface area contributed by atoms with Gasteiger partial charge in [0.25, 0.3) is 0 Å². The number of nitrogens with zero attached hydrogens (tertiary/aromatic N) is 3. The van der Waals surface area contributed by atoms with Gasteiger partial charge in [-0.15, -0.1) is 10.2 Å². The smallest absolute Gasteiger partial charge is 0.316 e. The molecule has 25 heavy (non-hydrogen) atoms. The van der Waals surface area contributed by atoms with E-state index in [4.69, 9.17) is 32.7 Å². The number of hydrogen-bond donors (Lipinski definition) is 0. The van der Waals surface area contributed by atoms with E-state index in [0.717, 1.165) is 12.2 Å². The highest BCUT2D eigenvalue weighted by atomic mass is 35.5. The summed E-state index contributed by atoms with van der Waals surface area (Å²) in [5, 5.41) is 10.0. The van der Waals surface area contributed by atoms with Crippen molar-refractivity contribution >= 4 is 40.9 Å². The largest absolute Gasteiger partial charge is 0.492 e. The van der Waals surface area contributed by atoms with Gasteiger partial charge in [0, 0.05) is 18.5 Å². The number of benzene rings is 1. The first-order valence-electron chi connectivity index (χ1n) is 7.75. The van der Waals surface area contributed by atoms with Crippen LogP contribution in [0.1, 0.15) is 19.2 Å². The van der Waals surface area contributed by atoms with E-state index in [-0.39, 0.29) is 11.7 Å². The van der Waals surface area contributed by atoms with E-state index in [9.17, 15) is 4.79 Å². The molecule has 0 fully saturated rings. The van der Waals surface area contributed by atoms with Crippen LogP contribution in [-0.4, -0.2) is 39.7 Å². The van der Waals surface area contributed by atoms with Crippen LogP contribution in [-0.2, 0) is 23.0 Å². The van der Waals surface area contributed by atoms with E-state index in [1.165, 1.54) is 11.8 Å². The topological polar surface area (TPSA) is 66.2 Å². The van der Waals surface area contributed by atoms with Gasteiger partial charge in [0.1, 0.15) is 11.6 Å². The number of esters is 1. The molecule has 0 aliphatic carbocycles. The van der Waals surface area contributed by atoms with Crippen molar-refractivity contribution in [3.8, 4) is 5.75 Å². The third-order valence-electron chi connectivity index (χ3n) is 3.25. The number of carbonyl (C=O) groups is 1. The maximum absolute atomic E-state index is 11.4. The summed E-state index contributed by atoms with van der Waals surface area (Å²) in [6.45, 7) is 2.66. The number of carbonyl (C=O) groups excluding carboxylic acids is 1. The molecular weight excluding hydrogens is 385 g/mol. The van der Waals surface area contributed by atoms with Gasteiger partial charge in [-0.05, 0) is 31.5 Å². The number of hydrogen-bond acceptors (Lipinski definition) is 6. The Morgan fingerprint density at radius 2 is 2.12 bits per heavy atom. The van der Waals surface area contributed by atoms with Crippen LogP contribution in [0.5, 0.6) is 5.75 Å². The zero-order chi connectivity index (χ0) is 18.2. The SMILES string of the molecule is CCOC(=O)CSc1nnc(CCCOc2ccc(Cl)cc2Cl)n1C. The van der Waals surface area contributed by atoms with Crippen LogP contribution >= 0.6 is 35.0 Å². The molecule has 0 amide bonds. The van der Waals surface area contributed by atoms with Gasteiger partial charge < -0.3 is 14.0 Å².